The van der Waals surface area contributed by atoms with Crippen molar-refractivity contribution in [3.8, 4) is 11.5 Å². The van der Waals surface area contributed by atoms with E-state index in [9.17, 15) is 9.90 Å². The highest BCUT2D eigenvalue weighted by atomic mass is 35.5. The third-order valence-electron chi connectivity index (χ3n) is 5.93. The van der Waals surface area contributed by atoms with E-state index in [0.29, 0.717) is 29.7 Å². The number of aliphatic hydroxyl groups is 1. The number of carbonyl (C=O) groups is 1. The summed E-state index contributed by atoms with van der Waals surface area (Å²) in [5.41, 5.74) is 1.19. The zero-order valence-corrected chi connectivity index (χ0v) is 21.5. The highest BCUT2D eigenvalue weighted by Gasteiger charge is 2.26. The van der Waals surface area contributed by atoms with Crippen molar-refractivity contribution in [2.75, 3.05) is 29.9 Å². The lowest BCUT2D eigenvalue weighted by atomic mass is 10.1. The first-order chi connectivity index (χ1) is 17.3. The summed E-state index contributed by atoms with van der Waals surface area (Å²) in [6.07, 6.45) is 2.33. The lowest BCUT2D eigenvalue weighted by Crippen LogP contribution is -2.44. The first kappa shape index (κ1) is 24.3. The Kier molecular flexibility index (Phi) is 6.70. The number of halogens is 1. The SMILES string of the molecule is CC(C)(O)C(=O)NCCN1CCc2ncnc(Nc3ccc(Oc4cccc5sccc45)c(Cl)c3)c21. The summed E-state index contributed by atoms with van der Waals surface area (Å²) in [5.74, 6) is 1.59. The predicted molar refractivity (Wildman–Crippen MR) is 144 cm³/mol. The molecule has 8 nitrogen and oxygen atoms in total. The summed E-state index contributed by atoms with van der Waals surface area (Å²) in [4.78, 5) is 23.0. The molecule has 0 atom stereocenters. The Balaban J connectivity index is 1.30. The molecule has 4 aromatic rings. The highest BCUT2D eigenvalue weighted by Crippen LogP contribution is 2.38. The quantitative estimate of drug-likeness (QED) is 0.294. The minimum atomic E-state index is -1.41. The van der Waals surface area contributed by atoms with Gasteiger partial charge in [-0.3, -0.25) is 4.79 Å². The molecule has 0 fully saturated rings. The molecule has 0 aliphatic carbocycles. The van der Waals surface area contributed by atoms with Crippen LogP contribution < -0.4 is 20.3 Å². The molecule has 3 N–H and O–H groups in total. The number of anilines is 3. The fourth-order valence-electron chi connectivity index (χ4n) is 4.09. The number of ether oxygens (including phenoxy) is 1. The number of benzene rings is 2. The maximum atomic E-state index is 12.0. The average molecular weight is 524 g/mol. The molecule has 36 heavy (non-hydrogen) atoms. The smallest absolute Gasteiger partial charge is 0.251 e. The number of hydrogen-bond acceptors (Lipinski definition) is 8. The van der Waals surface area contributed by atoms with Crippen LogP contribution in [0.2, 0.25) is 5.02 Å². The topological polar surface area (TPSA) is 99.6 Å². The normalized spacial score (nSPS) is 13.1. The van der Waals surface area contributed by atoms with Crippen molar-refractivity contribution in [3.63, 3.8) is 0 Å². The fraction of sp³-hybridized carbons (Fsp3) is 0.269. The average Bonchev–Trinajstić information content (AvgIpc) is 3.48. The Morgan fingerprint density at radius 1 is 1.22 bits per heavy atom. The van der Waals surface area contributed by atoms with Crippen LogP contribution in [0.25, 0.3) is 10.1 Å². The summed E-state index contributed by atoms with van der Waals surface area (Å²) < 4.78 is 7.28. The molecule has 3 heterocycles. The van der Waals surface area contributed by atoms with Crippen LogP contribution in [-0.4, -0.2) is 46.2 Å². The van der Waals surface area contributed by atoms with Crippen LogP contribution in [0.5, 0.6) is 11.5 Å². The number of nitrogens with one attached hydrogen (secondary N) is 2. The molecule has 0 saturated carbocycles. The molecular weight excluding hydrogens is 498 g/mol. The molecule has 0 radical (unpaired) electrons. The number of hydrogen-bond donors (Lipinski definition) is 3. The molecule has 0 bridgehead atoms. The number of rotatable bonds is 8. The number of fused-ring (bicyclic) bond motifs is 2. The second-order valence-corrected chi connectivity index (χ2v) is 10.4. The minimum Gasteiger partial charge on any atom is -0.455 e. The summed E-state index contributed by atoms with van der Waals surface area (Å²) in [7, 11) is 0. The van der Waals surface area contributed by atoms with Gasteiger partial charge in [0.2, 0.25) is 0 Å². The minimum absolute atomic E-state index is 0.394. The van der Waals surface area contributed by atoms with Crippen molar-refractivity contribution in [1.82, 2.24) is 15.3 Å². The van der Waals surface area contributed by atoms with Crippen LogP contribution in [0.4, 0.5) is 17.2 Å². The molecule has 10 heteroatoms. The zero-order chi connectivity index (χ0) is 25.3. The molecule has 5 rings (SSSR count). The molecule has 2 aromatic heterocycles. The predicted octanol–water partition coefficient (Wildman–Crippen LogP) is 5.13. The number of thiophene rings is 1. The first-order valence-corrected chi connectivity index (χ1v) is 12.9. The van der Waals surface area contributed by atoms with Gasteiger partial charge in [0.15, 0.2) is 5.82 Å². The Morgan fingerprint density at radius 3 is 2.89 bits per heavy atom. The molecule has 0 unspecified atom stereocenters. The van der Waals surface area contributed by atoms with Crippen molar-refractivity contribution >= 4 is 56.1 Å². The molecular formula is C26H26ClN5O3S. The summed E-state index contributed by atoms with van der Waals surface area (Å²) in [6, 6.07) is 13.5. The van der Waals surface area contributed by atoms with E-state index in [1.54, 1.807) is 17.7 Å². The van der Waals surface area contributed by atoms with Crippen molar-refractivity contribution in [3.05, 3.63) is 64.9 Å². The van der Waals surface area contributed by atoms with Gasteiger partial charge in [-0.25, -0.2) is 9.97 Å². The summed E-state index contributed by atoms with van der Waals surface area (Å²) >= 11 is 8.25. The highest BCUT2D eigenvalue weighted by molar-refractivity contribution is 7.17. The van der Waals surface area contributed by atoms with Crippen LogP contribution in [-0.2, 0) is 11.2 Å². The first-order valence-electron chi connectivity index (χ1n) is 11.6. The molecule has 1 aliphatic rings. The van der Waals surface area contributed by atoms with E-state index in [-0.39, 0.29) is 0 Å². The molecule has 2 aromatic carbocycles. The van der Waals surface area contributed by atoms with Gasteiger partial charge in [0.05, 0.1) is 10.7 Å². The lowest BCUT2D eigenvalue weighted by molar-refractivity contribution is -0.136. The van der Waals surface area contributed by atoms with Crippen LogP contribution in [0.15, 0.2) is 54.2 Å². The molecule has 0 spiro atoms. The maximum Gasteiger partial charge on any atom is 0.251 e. The van der Waals surface area contributed by atoms with Gasteiger partial charge in [-0.05, 0) is 55.6 Å². The third kappa shape index (κ3) is 5.09. The second-order valence-electron chi connectivity index (χ2n) is 9.03. The lowest BCUT2D eigenvalue weighted by Gasteiger charge is -2.23. The van der Waals surface area contributed by atoms with Gasteiger partial charge >= 0.3 is 0 Å². The number of carbonyl (C=O) groups excluding carboxylic acids is 1. The van der Waals surface area contributed by atoms with Crippen LogP contribution in [0, 0.1) is 0 Å². The number of nitrogens with zero attached hydrogens (tertiary/aromatic N) is 3. The van der Waals surface area contributed by atoms with E-state index < -0.39 is 11.5 Å². The Morgan fingerprint density at radius 2 is 2.08 bits per heavy atom. The van der Waals surface area contributed by atoms with Gasteiger partial charge in [-0.1, -0.05) is 17.7 Å². The van der Waals surface area contributed by atoms with Crippen LogP contribution >= 0.6 is 22.9 Å². The maximum absolute atomic E-state index is 12.0. The number of amides is 1. The zero-order valence-electron chi connectivity index (χ0n) is 19.9. The van der Waals surface area contributed by atoms with E-state index >= 15 is 0 Å². The largest absolute Gasteiger partial charge is 0.455 e. The van der Waals surface area contributed by atoms with Gasteiger partial charge in [0.25, 0.3) is 5.91 Å². The fourth-order valence-corrected chi connectivity index (χ4v) is 5.11. The molecule has 1 aliphatic heterocycles. The summed E-state index contributed by atoms with van der Waals surface area (Å²) in [6.45, 7) is 4.66. The summed E-state index contributed by atoms with van der Waals surface area (Å²) in [5, 5.41) is 19.5. The van der Waals surface area contributed by atoms with Gasteiger partial charge in [0, 0.05) is 41.8 Å². The molecule has 186 valence electrons. The second kappa shape index (κ2) is 9.93. The van der Waals surface area contributed by atoms with E-state index in [4.69, 9.17) is 16.3 Å². The third-order valence-corrected chi connectivity index (χ3v) is 7.10. The molecule has 0 saturated heterocycles. The van der Waals surface area contributed by atoms with Crippen molar-refractivity contribution in [1.29, 1.82) is 0 Å². The van der Waals surface area contributed by atoms with E-state index in [0.717, 1.165) is 45.9 Å². The monoisotopic (exact) mass is 523 g/mol. The van der Waals surface area contributed by atoms with Crippen molar-refractivity contribution in [2.45, 2.75) is 25.9 Å². The van der Waals surface area contributed by atoms with E-state index in [2.05, 4.69) is 31.6 Å². The van der Waals surface area contributed by atoms with E-state index in [1.165, 1.54) is 13.8 Å². The molecule has 1 amide bonds. The van der Waals surface area contributed by atoms with Gasteiger partial charge in [-0.15, -0.1) is 11.3 Å². The van der Waals surface area contributed by atoms with Crippen molar-refractivity contribution < 1.29 is 14.6 Å². The standard InChI is InChI=1S/C26H26ClN5O3S/c1-26(2,34)25(33)28-10-12-32-11-8-19-23(32)24(30-15-29-19)31-16-6-7-21(18(27)14-16)35-20-4-3-5-22-17(20)9-13-36-22/h3-7,9,13-15,34H,8,10-12H2,1-2H3,(H,28,33)(H,29,30,31). The van der Waals surface area contributed by atoms with E-state index in [1.807, 2.05) is 41.8 Å². The van der Waals surface area contributed by atoms with Gasteiger partial charge < -0.3 is 25.4 Å². The van der Waals surface area contributed by atoms with Crippen LogP contribution in [0.3, 0.4) is 0 Å². The van der Waals surface area contributed by atoms with Gasteiger partial charge in [0.1, 0.15) is 29.1 Å². The number of aromatic nitrogens is 2. The Labute approximate surface area is 217 Å². The Bertz CT molecular complexity index is 1420. The Hall–Kier alpha value is -3.40. The van der Waals surface area contributed by atoms with Crippen LogP contribution in [0.1, 0.15) is 19.5 Å². The van der Waals surface area contributed by atoms with Crippen molar-refractivity contribution in [2.24, 2.45) is 0 Å². The van der Waals surface area contributed by atoms with Gasteiger partial charge in [-0.2, -0.15) is 0 Å².